The monoisotopic (exact) mass is 281 g/mol. The fraction of sp³-hybridized carbons (Fsp3) is 0.333. The molecule has 0 amide bonds. The Kier molecular flexibility index (Phi) is 5.09. The quantitative estimate of drug-likeness (QED) is 0.777. The summed E-state index contributed by atoms with van der Waals surface area (Å²) >= 11 is 0. The summed E-state index contributed by atoms with van der Waals surface area (Å²) in [5.41, 5.74) is 3.57. The third kappa shape index (κ3) is 3.69. The number of hydrogen-bond acceptors (Lipinski definition) is 3. The molecule has 1 aromatic heterocycles. The topological polar surface area (TPSA) is 48.8 Å². The molecule has 0 saturated heterocycles. The van der Waals surface area contributed by atoms with Crippen LogP contribution in [0.4, 0.5) is 5.82 Å². The van der Waals surface area contributed by atoms with E-state index in [-0.39, 0.29) is 0 Å². The Morgan fingerprint density at radius 2 is 1.90 bits per heavy atom. The Balaban J connectivity index is 2.29. The summed E-state index contributed by atoms with van der Waals surface area (Å²) in [5.74, 6) is 0.788. The highest BCUT2D eigenvalue weighted by molar-refractivity contribution is 6.13. The number of rotatable bonds is 6. The molecule has 2 aromatic rings. The third-order valence-corrected chi connectivity index (χ3v) is 3.72. The second-order valence-corrected chi connectivity index (χ2v) is 5.28. The first-order chi connectivity index (χ1) is 10.2. The van der Waals surface area contributed by atoms with Crippen LogP contribution < -0.4 is 5.32 Å². The first kappa shape index (κ1) is 15.2. The fourth-order valence-electron chi connectivity index (χ4n) is 2.12. The van der Waals surface area contributed by atoms with Crippen LogP contribution in [0.5, 0.6) is 0 Å². The average Bonchev–Trinajstić information content (AvgIpc) is 2.54. The van der Waals surface area contributed by atoms with Crippen molar-refractivity contribution in [2.75, 3.05) is 5.32 Å². The van der Waals surface area contributed by atoms with E-state index in [1.165, 1.54) is 5.56 Å². The zero-order valence-electron chi connectivity index (χ0n) is 13.0. The SMILES string of the molecule is CCc1ccc(C(=N)c2cccnc2NC(C)CC)cc1. The van der Waals surface area contributed by atoms with Crippen molar-refractivity contribution in [3.8, 4) is 0 Å². The van der Waals surface area contributed by atoms with Gasteiger partial charge in [0, 0.05) is 23.4 Å². The van der Waals surface area contributed by atoms with Crippen LogP contribution in [-0.2, 0) is 6.42 Å². The normalized spacial score (nSPS) is 12.0. The Morgan fingerprint density at radius 1 is 1.19 bits per heavy atom. The van der Waals surface area contributed by atoms with Crippen LogP contribution in [0.3, 0.4) is 0 Å². The molecular formula is C18H23N3. The van der Waals surface area contributed by atoms with Crippen molar-refractivity contribution < 1.29 is 0 Å². The van der Waals surface area contributed by atoms with Crippen molar-refractivity contribution in [2.45, 2.75) is 39.7 Å². The highest BCUT2D eigenvalue weighted by atomic mass is 15.0. The summed E-state index contributed by atoms with van der Waals surface area (Å²) in [6.07, 6.45) is 3.80. The second-order valence-electron chi connectivity index (χ2n) is 5.28. The minimum Gasteiger partial charge on any atom is -0.367 e. The van der Waals surface area contributed by atoms with E-state index in [9.17, 15) is 0 Å². The maximum absolute atomic E-state index is 8.46. The van der Waals surface area contributed by atoms with Crippen molar-refractivity contribution in [3.05, 3.63) is 59.3 Å². The zero-order valence-corrected chi connectivity index (χ0v) is 13.0. The number of pyridine rings is 1. The number of nitrogens with one attached hydrogen (secondary N) is 2. The van der Waals surface area contributed by atoms with Gasteiger partial charge in [0.1, 0.15) is 5.82 Å². The van der Waals surface area contributed by atoms with Crippen molar-refractivity contribution in [3.63, 3.8) is 0 Å². The van der Waals surface area contributed by atoms with E-state index in [1.807, 2.05) is 24.3 Å². The molecular weight excluding hydrogens is 258 g/mol. The largest absolute Gasteiger partial charge is 0.367 e. The molecule has 1 unspecified atom stereocenters. The minimum atomic E-state index is 0.342. The fourth-order valence-corrected chi connectivity index (χ4v) is 2.12. The van der Waals surface area contributed by atoms with E-state index in [1.54, 1.807) is 6.20 Å². The number of benzene rings is 1. The van der Waals surface area contributed by atoms with Crippen LogP contribution in [-0.4, -0.2) is 16.7 Å². The van der Waals surface area contributed by atoms with Crippen molar-refractivity contribution in [1.82, 2.24) is 4.98 Å². The average molecular weight is 281 g/mol. The van der Waals surface area contributed by atoms with E-state index in [4.69, 9.17) is 5.41 Å². The lowest BCUT2D eigenvalue weighted by molar-refractivity contribution is 0.759. The van der Waals surface area contributed by atoms with Crippen LogP contribution in [0, 0.1) is 5.41 Å². The van der Waals surface area contributed by atoms with Crippen LogP contribution in [0.15, 0.2) is 42.6 Å². The second kappa shape index (κ2) is 7.02. The number of nitrogens with zero attached hydrogens (tertiary/aromatic N) is 1. The maximum Gasteiger partial charge on any atom is 0.135 e. The number of aromatic nitrogens is 1. The van der Waals surface area contributed by atoms with Crippen molar-refractivity contribution in [2.24, 2.45) is 0 Å². The van der Waals surface area contributed by atoms with Crippen LogP contribution in [0.25, 0.3) is 0 Å². The van der Waals surface area contributed by atoms with E-state index in [2.05, 4.69) is 43.2 Å². The summed E-state index contributed by atoms with van der Waals surface area (Å²) in [5, 5.41) is 11.8. The smallest absolute Gasteiger partial charge is 0.135 e. The zero-order chi connectivity index (χ0) is 15.2. The van der Waals surface area contributed by atoms with Crippen LogP contribution in [0.1, 0.15) is 43.9 Å². The Bertz CT molecular complexity index is 602. The van der Waals surface area contributed by atoms with Gasteiger partial charge in [0.15, 0.2) is 0 Å². The molecule has 0 aliphatic heterocycles. The number of aryl methyl sites for hydroxylation is 1. The summed E-state index contributed by atoms with van der Waals surface area (Å²) in [7, 11) is 0. The number of hydrogen-bond donors (Lipinski definition) is 2. The van der Waals surface area contributed by atoms with Gasteiger partial charge in [-0.2, -0.15) is 0 Å². The van der Waals surface area contributed by atoms with Gasteiger partial charge >= 0.3 is 0 Å². The summed E-state index contributed by atoms with van der Waals surface area (Å²) in [4.78, 5) is 4.39. The molecule has 2 rings (SSSR count). The Hall–Kier alpha value is -2.16. The molecule has 21 heavy (non-hydrogen) atoms. The van der Waals surface area contributed by atoms with Gasteiger partial charge in [-0.3, -0.25) is 5.41 Å². The van der Waals surface area contributed by atoms with Gasteiger partial charge in [0.2, 0.25) is 0 Å². The van der Waals surface area contributed by atoms with Gasteiger partial charge in [-0.1, -0.05) is 38.1 Å². The van der Waals surface area contributed by atoms with Gasteiger partial charge in [-0.25, -0.2) is 4.98 Å². The molecule has 1 atom stereocenters. The molecule has 0 spiro atoms. The third-order valence-electron chi connectivity index (χ3n) is 3.72. The molecule has 110 valence electrons. The van der Waals surface area contributed by atoms with E-state index >= 15 is 0 Å². The predicted molar refractivity (Wildman–Crippen MR) is 89.4 cm³/mol. The molecule has 0 fully saturated rings. The van der Waals surface area contributed by atoms with Crippen LogP contribution in [0.2, 0.25) is 0 Å². The minimum absolute atomic E-state index is 0.342. The molecule has 0 saturated carbocycles. The standard InChI is InChI=1S/C18H23N3/c1-4-13(3)21-18-16(7-6-12-20-18)17(19)15-10-8-14(5-2)9-11-15/h6-13,19H,4-5H2,1-3H3,(H,20,21). The molecule has 3 nitrogen and oxygen atoms in total. The van der Waals surface area contributed by atoms with Crippen LogP contribution >= 0.6 is 0 Å². The molecule has 0 aliphatic carbocycles. The Morgan fingerprint density at radius 3 is 2.52 bits per heavy atom. The van der Waals surface area contributed by atoms with Gasteiger partial charge in [-0.15, -0.1) is 0 Å². The molecule has 1 aromatic carbocycles. The van der Waals surface area contributed by atoms with Gasteiger partial charge in [-0.05, 0) is 37.5 Å². The highest BCUT2D eigenvalue weighted by Crippen LogP contribution is 2.18. The van der Waals surface area contributed by atoms with E-state index in [0.29, 0.717) is 11.8 Å². The lowest BCUT2D eigenvalue weighted by atomic mass is 10.0. The first-order valence-corrected chi connectivity index (χ1v) is 7.55. The molecule has 1 heterocycles. The molecule has 3 heteroatoms. The summed E-state index contributed by atoms with van der Waals surface area (Å²) in [6, 6.07) is 12.4. The molecule has 0 radical (unpaired) electrons. The first-order valence-electron chi connectivity index (χ1n) is 7.55. The highest BCUT2D eigenvalue weighted by Gasteiger charge is 2.12. The summed E-state index contributed by atoms with van der Waals surface area (Å²) < 4.78 is 0. The van der Waals surface area contributed by atoms with Crippen molar-refractivity contribution >= 4 is 11.5 Å². The van der Waals surface area contributed by atoms with E-state index < -0.39 is 0 Å². The maximum atomic E-state index is 8.46. The van der Waals surface area contributed by atoms with Gasteiger partial charge in [0.05, 0.1) is 5.71 Å². The Labute approximate surface area is 126 Å². The molecule has 0 aliphatic rings. The molecule has 0 bridgehead atoms. The van der Waals surface area contributed by atoms with Gasteiger partial charge < -0.3 is 5.32 Å². The summed E-state index contributed by atoms with van der Waals surface area (Å²) in [6.45, 7) is 6.39. The lowest BCUT2D eigenvalue weighted by Gasteiger charge is -2.16. The predicted octanol–water partition coefficient (Wildman–Crippen LogP) is 4.27. The van der Waals surface area contributed by atoms with Crippen molar-refractivity contribution in [1.29, 1.82) is 5.41 Å². The van der Waals surface area contributed by atoms with E-state index in [0.717, 1.165) is 29.8 Å². The van der Waals surface area contributed by atoms with Gasteiger partial charge in [0.25, 0.3) is 0 Å². The number of anilines is 1. The lowest BCUT2D eigenvalue weighted by Crippen LogP contribution is -2.17. The molecule has 2 N–H and O–H groups in total.